The average molecular weight is 472 g/mol. The van der Waals surface area contributed by atoms with Crippen molar-refractivity contribution in [3.8, 4) is 11.5 Å². The molecule has 2 aliphatic heterocycles. The van der Waals surface area contributed by atoms with Gasteiger partial charge in [0.25, 0.3) is 5.69 Å². The van der Waals surface area contributed by atoms with Crippen LogP contribution in [0, 0.1) is 10.1 Å². The SMILES string of the molecule is COc1cc([N+](=O)[O-])cc2c1OC1(C=C2)N(CC(=O)Nc2ccccc2)c2ccccc2C1(C)C. The molecule has 0 aliphatic carbocycles. The predicted molar refractivity (Wildman–Crippen MR) is 134 cm³/mol. The van der Waals surface area contributed by atoms with E-state index < -0.39 is 16.1 Å². The first-order valence-electron chi connectivity index (χ1n) is 11.2. The van der Waals surface area contributed by atoms with Crippen molar-refractivity contribution in [3.05, 3.63) is 94.0 Å². The maximum Gasteiger partial charge on any atom is 0.274 e. The summed E-state index contributed by atoms with van der Waals surface area (Å²) in [4.78, 5) is 26.1. The molecule has 5 rings (SSSR count). The number of rotatable bonds is 5. The molecule has 1 spiro atoms. The molecule has 1 atom stereocenters. The van der Waals surface area contributed by atoms with Gasteiger partial charge in [0.1, 0.15) is 6.54 Å². The fourth-order valence-corrected chi connectivity index (χ4v) is 4.99. The molecule has 178 valence electrons. The first-order chi connectivity index (χ1) is 16.8. The number of carbonyl (C=O) groups excluding carboxylic acids is 1. The number of carbonyl (C=O) groups is 1. The second-order valence-electron chi connectivity index (χ2n) is 9.10. The van der Waals surface area contributed by atoms with Crippen LogP contribution in [-0.2, 0) is 10.2 Å². The molecule has 2 heterocycles. The van der Waals surface area contributed by atoms with Crippen LogP contribution < -0.4 is 19.7 Å². The molecule has 1 amide bonds. The van der Waals surface area contributed by atoms with E-state index in [2.05, 4.69) is 19.2 Å². The van der Waals surface area contributed by atoms with E-state index >= 15 is 0 Å². The molecule has 8 heteroatoms. The van der Waals surface area contributed by atoms with Gasteiger partial charge in [-0.05, 0) is 49.8 Å². The van der Waals surface area contributed by atoms with Crippen molar-refractivity contribution in [1.82, 2.24) is 0 Å². The zero-order valence-electron chi connectivity index (χ0n) is 19.6. The van der Waals surface area contributed by atoms with Gasteiger partial charge < -0.3 is 19.7 Å². The third kappa shape index (κ3) is 3.49. The number of non-ortho nitro benzene ring substituents is 1. The zero-order chi connectivity index (χ0) is 24.8. The topological polar surface area (TPSA) is 93.9 Å². The maximum absolute atomic E-state index is 13.2. The number of ether oxygens (including phenoxy) is 2. The summed E-state index contributed by atoms with van der Waals surface area (Å²) in [5, 5.41) is 14.4. The minimum absolute atomic E-state index is 0.0321. The lowest BCUT2D eigenvalue weighted by Crippen LogP contribution is -2.61. The minimum Gasteiger partial charge on any atom is -0.493 e. The quantitative estimate of drug-likeness (QED) is 0.409. The third-order valence-corrected chi connectivity index (χ3v) is 6.77. The highest BCUT2D eigenvalue weighted by Crippen LogP contribution is 2.56. The Morgan fingerprint density at radius 1 is 1.11 bits per heavy atom. The highest BCUT2D eigenvalue weighted by atomic mass is 16.6. The Hall–Kier alpha value is -4.33. The molecule has 1 N–H and O–H groups in total. The number of nitro benzene ring substituents is 1. The first-order valence-corrected chi connectivity index (χ1v) is 11.2. The molecule has 2 aliphatic rings. The normalized spacial score (nSPS) is 19.0. The summed E-state index contributed by atoms with van der Waals surface area (Å²) in [5.74, 6) is 0.467. The summed E-state index contributed by atoms with van der Waals surface area (Å²) < 4.78 is 12.2. The van der Waals surface area contributed by atoms with Gasteiger partial charge in [-0.1, -0.05) is 36.4 Å². The molecule has 0 saturated heterocycles. The lowest BCUT2D eigenvalue weighted by Gasteiger charge is -2.47. The number of hydrogen-bond donors (Lipinski definition) is 1. The largest absolute Gasteiger partial charge is 0.493 e. The van der Waals surface area contributed by atoms with Crippen molar-refractivity contribution in [2.75, 3.05) is 23.9 Å². The van der Waals surface area contributed by atoms with Crippen LogP contribution in [0.2, 0.25) is 0 Å². The van der Waals surface area contributed by atoms with Gasteiger partial charge in [-0.2, -0.15) is 0 Å². The number of fused-ring (bicyclic) bond motifs is 2. The van der Waals surface area contributed by atoms with Crippen molar-refractivity contribution >= 4 is 29.0 Å². The molecular formula is C27H25N3O5. The van der Waals surface area contributed by atoms with E-state index in [1.165, 1.54) is 19.2 Å². The van der Waals surface area contributed by atoms with Crippen LogP contribution in [0.25, 0.3) is 6.08 Å². The fraction of sp³-hybridized carbons (Fsp3) is 0.222. The van der Waals surface area contributed by atoms with Crippen LogP contribution in [0.4, 0.5) is 17.1 Å². The van der Waals surface area contributed by atoms with Gasteiger partial charge in [0, 0.05) is 23.0 Å². The summed E-state index contributed by atoms with van der Waals surface area (Å²) in [6, 6.07) is 20.0. The summed E-state index contributed by atoms with van der Waals surface area (Å²) in [5.41, 5.74) is 1.44. The lowest BCUT2D eigenvalue weighted by atomic mass is 9.76. The van der Waals surface area contributed by atoms with E-state index in [1.807, 2.05) is 71.6 Å². The Balaban J connectivity index is 1.59. The number of nitro groups is 1. The van der Waals surface area contributed by atoms with Gasteiger partial charge in [-0.3, -0.25) is 14.9 Å². The predicted octanol–water partition coefficient (Wildman–Crippen LogP) is 5.14. The number of nitrogens with zero attached hydrogens (tertiary/aromatic N) is 2. The smallest absolute Gasteiger partial charge is 0.274 e. The van der Waals surface area contributed by atoms with E-state index in [-0.39, 0.29) is 23.9 Å². The number of anilines is 2. The molecule has 0 bridgehead atoms. The van der Waals surface area contributed by atoms with Gasteiger partial charge >= 0.3 is 0 Å². The molecule has 0 aromatic heterocycles. The standard InChI is InChI=1S/C27H25N3O5/c1-26(2)21-11-7-8-12-22(21)29(17-24(31)28-19-9-5-4-6-10-19)27(26)14-13-18-15-20(30(32)33)16-23(34-3)25(18)35-27/h4-16H,17H2,1-3H3,(H,28,31). The fourth-order valence-electron chi connectivity index (χ4n) is 4.99. The van der Waals surface area contributed by atoms with Crippen LogP contribution >= 0.6 is 0 Å². The number of benzene rings is 3. The van der Waals surface area contributed by atoms with Gasteiger partial charge in [0.15, 0.2) is 11.5 Å². The van der Waals surface area contributed by atoms with E-state index in [0.29, 0.717) is 17.0 Å². The lowest BCUT2D eigenvalue weighted by molar-refractivity contribution is -0.385. The number of nitrogens with one attached hydrogen (secondary N) is 1. The van der Waals surface area contributed by atoms with Crippen LogP contribution in [-0.4, -0.2) is 30.2 Å². The van der Waals surface area contributed by atoms with Gasteiger partial charge in [0.05, 0.1) is 23.5 Å². The summed E-state index contributed by atoms with van der Waals surface area (Å²) in [6.07, 6.45) is 3.69. The minimum atomic E-state index is -1.07. The molecule has 0 saturated carbocycles. The Labute approximate surface area is 202 Å². The van der Waals surface area contributed by atoms with Crippen molar-refractivity contribution in [1.29, 1.82) is 0 Å². The summed E-state index contributed by atoms with van der Waals surface area (Å²) in [7, 11) is 1.45. The second-order valence-corrected chi connectivity index (χ2v) is 9.10. The van der Waals surface area contributed by atoms with Crippen molar-refractivity contribution in [3.63, 3.8) is 0 Å². The van der Waals surface area contributed by atoms with E-state index in [4.69, 9.17) is 9.47 Å². The maximum atomic E-state index is 13.2. The third-order valence-electron chi connectivity index (χ3n) is 6.77. The molecule has 0 radical (unpaired) electrons. The Morgan fingerprint density at radius 2 is 1.83 bits per heavy atom. The molecule has 8 nitrogen and oxygen atoms in total. The van der Waals surface area contributed by atoms with Crippen molar-refractivity contribution < 1.29 is 19.2 Å². The molecular weight excluding hydrogens is 446 g/mol. The summed E-state index contributed by atoms with van der Waals surface area (Å²) >= 11 is 0. The van der Waals surface area contributed by atoms with Gasteiger partial charge in [-0.25, -0.2) is 0 Å². The van der Waals surface area contributed by atoms with Crippen LogP contribution in [0.5, 0.6) is 11.5 Å². The van der Waals surface area contributed by atoms with Crippen molar-refractivity contribution in [2.24, 2.45) is 0 Å². The molecule has 3 aromatic rings. The number of para-hydroxylation sites is 2. The average Bonchev–Trinajstić information content (AvgIpc) is 3.02. The summed E-state index contributed by atoms with van der Waals surface area (Å²) in [6.45, 7) is 4.16. The number of hydrogen-bond acceptors (Lipinski definition) is 6. The molecule has 1 unspecified atom stereocenters. The van der Waals surface area contributed by atoms with Gasteiger partial charge in [-0.15, -0.1) is 0 Å². The number of methoxy groups -OCH3 is 1. The van der Waals surface area contributed by atoms with Crippen LogP contribution in [0.3, 0.4) is 0 Å². The number of amides is 1. The van der Waals surface area contributed by atoms with Gasteiger partial charge in [0.2, 0.25) is 11.6 Å². The highest BCUT2D eigenvalue weighted by molar-refractivity contribution is 5.95. The highest BCUT2D eigenvalue weighted by Gasteiger charge is 2.59. The Bertz CT molecular complexity index is 1350. The van der Waals surface area contributed by atoms with E-state index in [9.17, 15) is 14.9 Å². The van der Waals surface area contributed by atoms with E-state index in [0.717, 1.165) is 11.3 Å². The van der Waals surface area contributed by atoms with Crippen LogP contribution in [0.1, 0.15) is 25.0 Å². The van der Waals surface area contributed by atoms with Crippen molar-refractivity contribution in [2.45, 2.75) is 25.0 Å². The molecule has 0 fully saturated rings. The Morgan fingerprint density at radius 3 is 2.54 bits per heavy atom. The zero-order valence-corrected chi connectivity index (χ0v) is 19.6. The second kappa shape index (κ2) is 8.16. The first kappa shape index (κ1) is 22.5. The molecule has 3 aromatic carbocycles. The molecule has 35 heavy (non-hydrogen) atoms. The Kier molecular flexibility index (Phi) is 5.24. The monoisotopic (exact) mass is 471 g/mol. The van der Waals surface area contributed by atoms with E-state index in [1.54, 1.807) is 0 Å². The van der Waals surface area contributed by atoms with Crippen LogP contribution in [0.15, 0.2) is 72.8 Å².